The minimum Gasteiger partial charge on any atom is -0.457 e. The molecule has 9 nitrogen and oxygen atoms in total. The first kappa shape index (κ1) is 29.2. The molecule has 5 rings (SSSR count). The number of amides is 1. The number of aromatic nitrogens is 3. The summed E-state index contributed by atoms with van der Waals surface area (Å²) in [4.78, 5) is 29.1. The Balaban J connectivity index is 1.54. The van der Waals surface area contributed by atoms with Gasteiger partial charge in [0, 0.05) is 12.1 Å². The Kier molecular flexibility index (Phi) is 7.77. The van der Waals surface area contributed by atoms with Crippen LogP contribution in [0.15, 0.2) is 64.5 Å². The second-order valence-corrected chi connectivity index (χ2v) is 11.4. The lowest BCUT2D eigenvalue weighted by atomic mass is 10.0. The molecular formula is C28H21BrF3N5O4S. The second-order valence-electron chi connectivity index (χ2n) is 9.62. The Hall–Kier alpha value is -4.30. The lowest BCUT2D eigenvalue weighted by Crippen LogP contribution is -2.16. The van der Waals surface area contributed by atoms with Crippen molar-refractivity contribution in [2.75, 3.05) is 5.32 Å². The fourth-order valence-electron chi connectivity index (χ4n) is 4.23. The van der Waals surface area contributed by atoms with Gasteiger partial charge in [0.05, 0.1) is 31.7 Å². The molecular weight excluding hydrogens is 639 g/mol. The van der Waals surface area contributed by atoms with Gasteiger partial charge in [-0.15, -0.1) is 11.3 Å². The highest BCUT2D eigenvalue weighted by Crippen LogP contribution is 2.37. The van der Waals surface area contributed by atoms with Crippen LogP contribution in [0.4, 0.5) is 24.5 Å². The van der Waals surface area contributed by atoms with Crippen molar-refractivity contribution >= 4 is 50.2 Å². The maximum Gasteiger partial charge on any atom is 0.433 e. The lowest BCUT2D eigenvalue weighted by molar-refractivity contribution is -0.384. The van der Waals surface area contributed by atoms with Crippen LogP contribution in [0.5, 0.6) is 11.5 Å². The van der Waals surface area contributed by atoms with Gasteiger partial charge in [0.25, 0.3) is 11.6 Å². The minimum atomic E-state index is -4.80. The van der Waals surface area contributed by atoms with Crippen LogP contribution in [0, 0.1) is 17.0 Å². The number of nitrogens with one attached hydrogen (secondary N) is 1. The highest BCUT2D eigenvalue weighted by atomic mass is 79.9. The number of alkyl halides is 3. The van der Waals surface area contributed by atoms with E-state index in [1.54, 1.807) is 23.6 Å². The third-order valence-electron chi connectivity index (χ3n) is 6.19. The fraction of sp³-hybridized carbons (Fsp3) is 0.179. The molecule has 2 aromatic carbocycles. The molecule has 0 atom stereocenters. The number of fused-ring (bicyclic) bond motifs is 1. The minimum absolute atomic E-state index is 0.0183. The fourth-order valence-corrected chi connectivity index (χ4v) is 5.44. The average Bonchev–Trinajstić information content (AvgIpc) is 3.56. The quantitative estimate of drug-likeness (QED) is 0.138. The van der Waals surface area contributed by atoms with Gasteiger partial charge in [-0.25, -0.2) is 9.50 Å². The van der Waals surface area contributed by atoms with Gasteiger partial charge in [-0.1, -0.05) is 32.0 Å². The number of carbonyl (C=O) groups is 1. The van der Waals surface area contributed by atoms with Crippen LogP contribution in [-0.2, 0) is 6.18 Å². The molecule has 0 aliphatic heterocycles. The monoisotopic (exact) mass is 659 g/mol. The summed E-state index contributed by atoms with van der Waals surface area (Å²) in [6.07, 6.45) is -4.80. The van der Waals surface area contributed by atoms with Gasteiger partial charge in [-0.05, 0) is 63.5 Å². The van der Waals surface area contributed by atoms with Crippen molar-refractivity contribution in [1.29, 1.82) is 0 Å². The Morgan fingerprint density at radius 3 is 2.57 bits per heavy atom. The summed E-state index contributed by atoms with van der Waals surface area (Å²) >= 11 is 4.40. The van der Waals surface area contributed by atoms with Crippen molar-refractivity contribution in [3.63, 3.8) is 0 Å². The predicted molar refractivity (Wildman–Crippen MR) is 155 cm³/mol. The van der Waals surface area contributed by atoms with Gasteiger partial charge in [-0.3, -0.25) is 14.9 Å². The van der Waals surface area contributed by atoms with E-state index in [2.05, 4.69) is 31.3 Å². The van der Waals surface area contributed by atoms with Crippen molar-refractivity contribution < 1.29 is 27.6 Å². The summed E-state index contributed by atoms with van der Waals surface area (Å²) in [6.45, 7) is 5.84. The molecule has 0 saturated heterocycles. The Bertz CT molecular complexity index is 1840. The summed E-state index contributed by atoms with van der Waals surface area (Å²) in [7, 11) is 0. The number of hydrogen-bond donors (Lipinski definition) is 1. The van der Waals surface area contributed by atoms with Gasteiger partial charge in [0.1, 0.15) is 11.5 Å². The van der Waals surface area contributed by atoms with Crippen molar-refractivity contribution in [1.82, 2.24) is 14.6 Å². The number of hydrogen-bond acceptors (Lipinski definition) is 7. The highest BCUT2D eigenvalue weighted by Gasteiger charge is 2.37. The van der Waals surface area contributed by atoms with Crippen molar-refractivity contribution in [2.24, 2.45) is 0 Å². The van der Waals surface area contributed by atoms with Crippen LogP contribution in [0.2, 0.25) is 0 Å². The molecule has 3 heterocycles. The number of thiophene rings is 1. The number of anilines is 1. The molecule has 0 spiro atoms. The predicted octanol–water partition coefficient (Wildman–Crippen LogP) is 8.62. The summed E-state index contributed by atoms with van der Waals surface area (Å²) in [5, 5.41) is 19.8. The van der Waals surface area contributed by atoms with Crippen molar-refractivity contribution in [3.05, 3.63) is 97.1 Å². The summed E-state index contributed by atoms with van der Waals surface area (Å²) in [6, 6.07) is 13.5. The zero-order chi connectivity index (χ0) is 30.3. The van der Waals surface area contributed by atoms with Crippen LogP contribution in [0.25, 0.3) is 16.2 Å². The smallest absolute Gasteiger partial charge is 0.433 e. The zero-order valence-corrected chi connectivity index (χ0v) is 24.6. The molecule has 14 heteroatoms. The Morgan fingerprint density at radius 1 is 1.17 bits per heavy atom. The lowest BCUT2D eigenvalue weighted by Gasteiger charge is -2.15. The summed E-state index contributed by atoms with van der Waals surface area (Å²) < 4.78 is 48.5. The number of ether oxygens (including phenoxy) is 1. The number of nitro benzene ring substituents is 1. The van der Waals surface area contributed by atoms with E-state index in [1.807, 2.05) is 32.9 Å². The number of nitro groups is 1. The van der Waals surface area contributed by atoms with Crippen LogP contribution >= 0.6 is 27.3 Å². The van der Waals surface area contributed by atoms with E-state index < -0.39 is 28.4 Å². The number of nitrogens with zero attached hydrogens (tertiary/aromatic N) is 4. The van der Waals surface area contributed by atoms with Crippen LogP contribution in [0.3, 0.4) is 0 Å². The molecule has 42 heavy (non-hydrogen) atoms. The summed E-state index contributed by atoms with van der Waals surface area (Å²) in [5.74, 6) is -0.231. The molecule has 1 N–H and O–H groups in total. The number of aryl methyl sites for hydroxylation is 1. The van der Waals surface area contributed by atoms with Gasteiger partial charge >= 0.3 is 6.18 Å². The van der Waals surface area contributed by atoms with E-state index in [0.717, 1.165) is 23.3 Å². The number of carbonyl (C=O) groups excluding carboxylic acids is 1. The SMILES string of the molecule is Cc1ccc(C(C)C)c(Oc2cc(NC(=O)c3nn4c(C(F)(F)F)cc(-c5cccs5)nc4c3Br)cc([N+](=O)[O-])c2)c1. The maximum absolute atomic E-state index is 14.0. The number of non-ortho nitro benzene ring substituents is 1. The van der Waals surface area contributed by atoms with Gasteiger partial charge < -0.3 is 10.1 Å². The zero-order valence-electron chi connectivity index (χ0n) is 22.2. The molecule has 216 valence electrons. The molecule has 0 bridgehead atoms. The molecule has 0 fully saturated rings. The maximum atomic E-state index is 14.0. The van der Waals surface area contributed by atoms with E-state index >= 15 is 0 Å². The first-order chi connectivity index (χ1) is 19.8. The number of benzene rings is 2. The molecule has 1 amide bonds. The second kappa shape index (κ2) is 11.2. The molecule has 0 unspecified atom stereocenters. The van der Waals surface area contributed by atoms with Crippen molar-refractivity contribution in [3.8, 4) is 22.1 Å². The number of halogens is 4. The summed E-state index contributed by atoms with van der Waals surface area (Å²) in [5.41, 5.74) is -0.267. The molecule has 3 aromatic heterocycles. The molecule has 0 saturated carbocycles. The number of rotatable bonds is 7. The van der Waals surface area contributed by atoms with Crippen LogP contribution in [-0.4, -0.2) is 25.4 Å². The Labute approximate surface area is 249 Å². The van der Waals surface area contributed by atoms with E-state index in [-0.39, 0.29) is 38.9 Å². The average molecular weight is 660 g/mol. The van der Waals surface area contributed by atoms with E-state index in [4.69, 9.17) is 4.74 Å². The first-order valence-corrected chi connectivity index (χ1v) is 14.1. The van der Waals surface area contributed by atoms with Crippen LogP contribution < -0.4 is 10.1 Å². The third kappa shape index (κ3) is 5.85. The van der Waals surface area contributed by atoms with Gasteiger partial charge in [0.2, 0.25) is 0 Å². The van der Waals surface area contributed by atoms with Crippen LogP contribution in [0.1, 0.15) is 47.1 Å². The topological polar surface area (TPSA) is 112 Å². The molecule has 0 aliphatic carbocycles. The van der Waals surface area contributed by atoms with Gasteiger partial charge in [0.15, 0.2) is 17.0 Å². The van der Waals surface area contributed by atoms with E-state index in [9.17, 15) is 28.1 Å². The van der Waals surface area contributed by atoms with Gasteiger partial charge in [-0.2, -0.15) is 18.3 Å². The Morgan fingerprint density at radius 2 is 1.93 bits per heavy atom. The highest BCUT2D eigenvalue weighted by molar-refractivity contribution is 9.10. The standard InChI is InChI=1S/C28H21BrF3N5O4S/c1-14(2)19-7-6-15(3)9-21(19)41-18-11-16(10-17(12-18)37(39)40)33-27(38)25-24(29)26-34-20(22-5-4-8-42-22)13-23(28(30,31)32)36(26)35-25/h4-14H,1-3H3,(H,33,38). The molecule has 5 aromatic rings. The normalized spacial score (nSPS) is 11.7. The first-order valence-electron chi connectivity index (χ1n) is 12.4. The van der Waals surface area contributed by atoms with Crippen molar-refractivity contribution in [2.45, 2.75) is 32.9 Å². The third-order valence-corrected chi connectivity index (χ3v) is 7.81. The van der Waals surface area contributed by atoms with E-state index in [1.165, 1.54) is 23.5 Å². The molecule has 0 aliphatic rings. The largest absolute Gasteiger partial charge is 0.457 e. The molecule has 0 radical (unpaired) electrons. The van der Waals surface area contributed by atoms with E-state index in [0.29, 0.717) is 15.1 Å².